The third-order valence-corrected chi connectivity index (χ3v) is 4.76. The summed E-state index contributed by atoms with van der Waals surface area (Å²) in [4.78, 5) is 28.1. The van der Waals surface area contributed by atoms with Crippen molar-refractivity contribution in [1.82, 2.24) is 10.2 Å². The Kier molecular flexibility index (Phi) is 4.94. The molecule has 3 rings (SSSR count). The number of methoxy groups -OCH3 is 1. The molecule has 25 heavy (non-hydrogen) atoms. The van der Waals surface area contributed by atoms with Crippen LogP contribution in [0.1, 0.15) is 18.5 Å². The monoisotopic (exact) mass is 345 g/mol. The Morgan fingerprint density at radius 2 is 1.88 bits per heavy atom. The summed E-state index contributed by atoms with van der Waals surface area (Å²) < 4.78 is 10.3. The molecule has 2 aliphatic heterocycles. The molecular weight excluding hydrogens is 322 g/mol. The van der Waals surface area contributed by atoms with Gasteiger partial charge in [0.2, 0.25) is 0 Å². The van der Waals surface area contributed by atoms with Gasteiger partial charge in [-0.15, -0.1) is 0 Å². The quantitative estimate of drug-likeness (QED) is 0.844. The molecule has 2 amide bonds. The lowest BCUT2D eigenvalue weighted by Gasteiger charge is -2.33. The van der Waals surface area contributed by atoms with Crippen LogP contribution in [-0.2, 0) is 14.3 Å². The number of hydrogen-bond donors (Lipinski definition) is 1. The van der Waals surface area contributed by atoms with Gasteiger partial charge >= 0.3 is 12.0 Å². The zero-order valence-corrected chi connectivity index (χ0v) is 14.7. The molecule has 1 aromatic carbocycles. The van der Waals surface area contributed by atoms with Crippen molar-refractivity contribution in [2.75, 3.05) is 45.4 Å². The van der Waals surface area contributed by atoms with Crippen LogP contribution in [0, 0.1) is 0 Å². The molecule has 0 aromatic heterocycles. The van der Waals surface area contributed by atoms with E-state index < -0.39 is 12.0 Å². The van der Waals surface area contributed by atoms with Crippen LogP contribution in [0.4, 0.5) is 10.5 Å². The van der Waals surface area contributed by atoms with Gasteiger partial charge in [0.25, 0.3) is 0 Å². The Morgan fingerprint density at radius 1 is 1.24 bits per heavy atom. The highest BCUT2D eigenvalue weighted by Gasteiger charge is 2.34. The van der Waals surface area contributed by atoms with E-state index in [0.717, 1.165) is 37.6 Å². The fraction of sp³-hybridized carbons (Fsp3) is 0.444. The minimum Gasteiger partial charge on any atom is -0.466 e. The first kappa shape index (κ1) is 17.3. The number of morpholine rings is 1. The second-order valence-corrected chi connectivity index (χ2v) is 6.12. The molecule has 7 heteroatoms. The molecule has 1 saturated heterocycles. The number of hydrogen-bond acceptors (Lipinski definition) is 5. The Balaban J connectivity index is 1.90. The molecule has 1 unspecified atom stereocenters. The fourth-order valence-corrected chi connectivity index (χ4v) is 3.16. The normalized spacial score (nSPS) is 21.2. The van der Waals surface area contributed by atoms with Gasteiger partial charge in [0.05, 0.1) is 31.9 Å². The highest BCUT2D eigenvalue weighted by atomic mass is 16.5. The lowest BCUT2D eigenvalue weighted by Crippen LogP contribution is -2.46. The van der Waals surface area contributed by atoms with Gasteiger partial charge in [-0.1, -0.05) is 12.1 Å². The van der Waals surface area contributed by atoms with Gasteiger partial charge in [-0.25, -0.2) is 9.59 Å². The van der Waals surface area contributed by atoms with E-state index in [9.17, 15) is 9.59 Å². The van der Waals surface area contributed by atoms with E-state index >= 15 is 0 Å². The number of nitrogens with zero attached hydrogens (tertiary/aromatic N) is 2. The summed E-state index contributed by atoms with van der Waals surface area (Å²) in [5.74, 6) is -0.438. The minimum atomic E-state index is -0.519. The smallest absolute Gasteiger partial charge is 0.337 e. The maximum Gasteiger partial charge on any atom is 0.337 e. The van der Waals surface area contributed by atoms with E-state index in [4.69, 9.17) is 9.47 Å². The standard InChI is InChI=1S/C18H23N3O4/c1-12-15(17(22)24-3)16(19-18(23)20(12)2)13-4-6-14(7-5-13)21-8-10-25-11-9-21/h4-7,16H,8-11H2,1-3H3,(H,19,23). The summed E-state index contributed by atoms with van der Waals surface area (Å²) in [6.07, 6.45) is 0. The van der Waals surface area contributed by atoms with E-state index in [0.29, 0.717) is 11.3 Å². The number of benzene rings is 1. The van der Waals surface area contributed by atoms with Crippen molar-refractivity contribution in [2.24, 2.45) is 0 Å². The van der Waals surface area contributed by atoms with Crippen molar-refractivity contribution < 1.29 is 19.1 Å². The van der Waals surface area contributed by atoms with Gasteiger partial charge in [-0.3, -0.25) is 0 Å². The zero-order chi connectivity index (χ0) is 18.0. The number of anilines is 1. The number of ether oxygens (including phenoxy) is 2. The van der Waals surface area contributed by atoms with Gasteiger partial charge in [0.1, 0.15) is 0 Å². The largest absolute Gasteiger partial charge is 0.466 e. The fourth-order valence-electron chi connectivity index (χ4n) is 3.16. The molecule has 1 N–H and O–H groups in total. The van der Waals surface area contributed by atoms with Crippen LogP contribution in [0.3, 0.4) is 0 Å². The maximum absolute atomic E-state index is 12.2. The predicted octanol–water partition coefficient (Wildman–Crippen LogP) is 1.67. The summed E-state index contributed by atoms with van der Waals surface area (Å²) in [7, 11) is 2.98. The third-order valence-electron chi connectivity index (χ3n) is 4.76. The lowest BCUT2D eigenvalue weighted by molar-refractivity contribution is -0.136. The van der Waals surface area contributed by atoms with Gasteiger partial charge in [0.15, 0.2) is 0 Å². The van der Waals surface area contributed by atoms with Crippen LogP contribution in [0.5, 0.6) is 0 Å². The first-order valence-electron chi connectivity index (χ1n) is 8.29. The van der Waals surface area contributed by atoms with Crippen LogP contribution in [-0.4, -0.2) is 57.4 Å². The number of urea groups is 1. The van der Waals surface area contributed by atoms with Gasteiger partial charge in [0, 0.05) is 31.5 Å². The average molecular weight is 345 g/mol. The van der Waals surface area contributed by atoms with Gasteiger partial charge in [-0.05, 0) is 24.6 Å². The van der Waals surface area contributed by atoms with Crippen molar-refractivity contribution in [1.29, 1.82) is 0 Å². The van der Waals surface area contributed by atoms with E-state index in [-0.39, 0.29) is 6.03 Å². The number of rotatable bonds is 3. The first-order valence-corrected chi connectivity index (χ1v) is 8.29. The SMILES string of the molecule is COC(=O)C1=C(C)N(C)C(=O)NC1c1ccc(N2CCOCC2)cc1. The van der Waals surface area contributed by atoms with Crippen molar-refractivity contribution in [3.63, 3.8) is 0 Å². The molecule has 0 bridgehead atoms. The van der Waals surface area contributed by atoms with E-state index in [1.165, 1.54) is 12.0 Å². The van der Waals surface area contributed by atoms with Gasteiger partial charge in [-0.2, -0.15) is 0 Å². The summed E-state index contributed by atoms with van der Waals surface area (Å²) in [6, 6.07) is 7.14. The average Bonchev–Trinajstić information content (AvgIpc) is 2.66. The van der Waals surface area contributed by atoms with Crippen LogP contribution in [0.25, 0.3) is 0 Å². The molecule has 0 aliphatic carbocycles. The highest BCUT2D eigenvalue weighted by molar-refractivity contribution is 5.94. The number of carbonyl (C=O) groups is 2. The molecule has 0 radical (unpaired) electrons. The van der Waals surface area contributed by atoms with Crippen LogP contribution < -0.4 is 10.2 Å². The molecule has 134 valence electrons. The molecule has 0 saturated carbocycles. The first-order chi connectivity index (χ1) is 12.0. The van der Waals surface area contributed by atoms with Crippen LogP contribution in [0.2, 0.25) is 0 Å². The minimum absolute atomic E-state index is 0.243. The van der Waals surface area contributed by atoms with E-state index in [2.05, 4.69) is 10.2 Å². The van der Waals surface area contributed by atoms with Crippen molar-refractivity contribution in [3.8, 4) is 0 Å². The highest BCUT2D eigenvalue weighted by Crippen LogP contribution is 2.31. The molecule has 2 aliphatic rings. The molecule has 0 spiro atoms. The van der Waals surface area contributed by atoms with E-state index in [1.807, 2.05) is 24.3 Å². The number of amides is 2. The molecule has 1 aromatic rings. The lowest BCUT2D eigenvalue weighted by atomic mass is 9.95. The topological polar surface area (TPSA) is 71.1 Å². The summed E-state index contributed by atoms with van der Waals surface area (Å²) in [6.45, 7) is 4.91. The molecule has 1 atom stereocenters. The van der Waals surface area contributed by atoms with Crippen molar-refractivity contribution in [2.45, 2.75) is 13.0 Å². The predicted molar refractivity (Wildman–Crippen MR) is 93.2 cm³/mol. The number of allylic oxidation sites excluding steroid dienone is 1. The third kappa shape index (κ3) is 3.32. The van der Waals surface area contributed by atoms with Crippen molar-refractivity contribution >= 4 is 17.7 Å². The second kappa shape index (κ2) is 7.14. The van der Waals surface area contributed by atoms with Gasteiger partial charge < -0.3 is 24.6 Å². The Hall–Kier alpha value is -2.54. The Morgan fingerprint density at radius 3 is 2.48 bits per heavy atom. The number of carbonyl (C=O) groups excluding carboxylic acids is 2. The maximum atomic E-state index is 12.2. The number of nitrogens with one attached hydrogen (secondary N) is 1. The van der Waals surface area contributed by atoms with Crippen LogP contribution >= 0.6 is 0 Å². The second-order valence-electron chi connectivity index (χ2n) is 6.12. The Bertz CT molecular complexity index is 693. The summed E-state index contributed by atoms with van der Waals surface area (Å²) >= 11 is 0. The van der Waals surface area contributed by atoms with E-state index in [1.54, 1.807) is 14.0 Å². The molecule has 2 heterocycles. The molecule has 7 nitrogen and oxygen atoms in total. The summed E-state index contributed by atoms with van der Waals surface area (Å²) in [5.41, 5.74) is 2.99. The van der Waals surface area contributed by atoms with Crippen LogP contribution in [0.15, 0.2) is 35.5 Å². The molecule has 1 fully saturated rings. The van der Waals surface area contributed by atoms with Crippen molar-refractivity contribution in [3.05, 3.63) is 41.1 Å². The zero-order valence-electron chi connectivity index (χ0n) is 14.7. The summed E-state index contributed by atoms with van der Waals surface area (Å²) in [5, 5.41) is 2.87. The molecular formula is C18H23N3O4. The number of esters is 1. The Labute approximate surface area is 147 Å².